The van der Waals surface area contributed by atoms with Gasteiger partial charge in [0.2, 0.25) is 0 Å². The molecule has 0 aliphatic heterocycles. The lowest BCUT2D eigenvalue weighted by Crippen LogP contribution is -2.16. The van der Waals surface area contributed by atoms with Crippen molar-refractivity contribution < 1.29 is 0 Å². The summed E-state index contributed by atoms with van der Waals surface area (Å²) in [5.74, 6) is 0. The van der Waals surface area contributed by atoms with Crippen molar-refractivity contribution in [3.05, 3.63) is 39.3 Å². The zero-order chi connectivity index (χ0) is 10.3. The van der Waals surface area contributed by atoms with Gasteiger partial charge in [-0.25, -0.2) is 0 Å². The van der Waals surface area contributed by atoms with Crippen molar-refractivity contribution in [1.82, 2.24) is 4.98 Å². The van der Waals surface area contributed by atoms with Crippen LogP contribution >= 0.6 is 56.5 Å². The first-order valence-electron chi connectivity index (χ1n) is 3.60. The number of benzene rings is 1. The summed E-state index contributed by atoms with van der Waals surface area (Å²) < 4.78 is 2.70. The minimum absolute atomic E-state index is 0.304. The van der Waals surface area contributed by atoms with E-state index in [0.29, 0.717) is 5.39 Å². The molecule has 1 heterocycles. The summed E-state index contributed by atoms with van der Waals surface area (Å²) in [4.78, 5) is 24.5. The first-order chi connectivity index (χ1) is 6.58. The fourth-order valence-electron chi connectivity index (χ4n) is 1.11. The van der Waals surface area contributed by atoms with Crippen LogP contribution in [-0.2, 0) is 0 Å². The second-order valence-electron chi connectivity index (χ2n) is 2.61. The summed E-state index contributed by atoms with van der Waals surface area (Å²) in [5.41, 5.74) is -0.305. The fraction of sp³-hybridized carbons (Fsp3) is 0. The summed E-state index contributed by atoms with van der Waals surface area (Å²) in [5, 5.41) is 0.589. The summed E-state index contributed by atoms with van der Waals surface area (Å²) in [6.07, 6.45) is 0. The van der Waals surface area contributed by atoms with Crippen LogP contribution in [0.1, 0.15) is 0 Å². The highest BCUT2D eigenvalue weighted by Gasteiger charge is 2.05. The number of aromatic amines is 1. The number of H-pyrrole nitrogens is 1. The Labute approximate surface area is 110 Å². The van der Waals surface area contributed by atoms with Gasteiger partial charge in [-0.1, -0.05) is 11.3 Å². The third-order valence-corrected chi connectivity index (χ3v) is 4.43. The molecule has 0 bridgehead atoms. The Balaban J connectivity index is 3.10. The van der Waals surface area contributed by atoms with Crippen molar-refractivity contribution in [2.45, 2.75) is 0 Å². The van der Waals surface area contributed by atoms with Crippen LogP contribution in [-0.4, -0.2) is 4.98 Å². The van der Waals surface area contributed by atoms with E-state index in [1.165, 1.54) is 0 Å². The number of halogens is 2. The predicted octanol–water partition coefficient (Wildman–Crippen LogP) is 2.16. The molecule has 0 unspecified atom stereocenters. The smallest absolute Gasteiger partial charge is 0.280 e. The Bertz CT molecular complexity index is 617. The van der Waals surface area contributed by atoms with Gasteiger partial charge in [-0.3, -0.25) is 14.6 Å². The largest absolute Gasteiger partial charge is 0.307 e. The Morgan fingerprint density at radius 2 is 1.93 bits per heavy atom. The molecule has 0 saturated carbocycles. The average molecular weight is 431 g/mol. The molecule has 1 aromatic carbocycles. The molecule has 72 valence electrons. The van der Waals surface area contributed by atoms with E-state index in [1.54, 1.807) is 6.07 Å². The monoisotopic (exact) mass is 431 g/mol. The van der Waals surface area contributed by atoms with Gasteiger partial charge in [0.1, 0.15) is 0 Å². The number of nitrogens with one attached hydrogen (secondary N) is 1. The molecule has 14 heavy (non-hydrogen) atoms. The topological polar surface area (TPSA) is 49.9 Å². The number of hydrogen-bond donors (Lipinski definition) is 1. The van der Waals surface area contributed by atoms with E-state index in [0.717, 1.165) is 23.2 Å². The van der Waals surface area contributed by atoms with Crippen molar-refractivity contribution in [1.29, 1.82) is 0 Å². The third kappa shape index (κ3) is 1.87. The van der Waals surface area contributed by atoms with Crippen LogP contribution in [0.5, 0.6) is 0 Å². The highest BCUT2D eigenvalue weighted by atomic mass is 127. The first kappa shape index (κ1) is 10.6. The standard InChI is InChI=1S/C8H3I2NO2S/c9-3-1-4-6(5(10)2-3)14-8(13)11-7(4)12/h1-2H,(H,11,12,13). The highest BCUT2D eigenvalue weighted by Crippen LogP contribution is 2.22. The molecule has 1 N–H and O–H groups in total. The number of rotatable bonds is 0. The Morgan fingerprint density at radius 3 is 2.64 bits per heavy atom. The minimum Gasteiger partial charge on any atom is -0.280 e. The highest BCUT2D eigenvalue weighted by molar-refractivity contribution is 14.1. The van der Waals surface area contributed by atoms with E-state index < -0.39 is 0 Å². The zero-order valence-corrected chi connectivity index (χ0v) is 11.8. The SMILES string of the molecule is O=c1[nH]c(=O)c2cc(I)cc(I)c2s1. The van der Waals surface area contributed by atoms with Gasteiger partial charge in [0.05, 0.1) is 10.1 Å². The van der Waals surface area contributed by atoms with E-state index in [4.69, 9.17) is 0 Å². The van der Waals surface area contributed by atoms with Crippen LogP contribution in [0.15, 0.2) is 21.7 Å². The lowest BCUT2D eigenvalue weighted by atomic mass is 10.3. The van der Waals surface area contributed by atoms with Crippen LogP contribution < -0.4 is 10.4 Å². The fourth-order valence-corrected chi connectivity index (χ4v) is 4.03. The molecular formula is C8H3I2NO2S. The first-order valence-corrected chi connectivity index (χ1v) is 6.57. The van der Waals surface area contributed by atoms with Crippen molar-refractivity contribution in [2.24, 2.45) is 0 Å². The maximum atomic E-state index is 11.4. The molecule has 0 spiro atoms. The average Bonchev–Trinajstić information content (AvgIpc) is 2.07. The normalized spacial score (nSPS) is 10.7. The Morgan fingerprint density at radius 1 is 1.21 bits per heavy atom. The summed E-state index contributed by atoms with van der Waals surface area (Å²) in [7, 11) is 0. The molecule has 2 aromatic rings. The number of hydrogen-bond acceptors (Lipinski definition) is 3. The zero-order valence-electron chi connectivity index (χ0n) is 6.64. The van der Waals surface area contributed by atoms with Gasteiger partial charge in [0.15, 0.2) is 0 Å². The molecule has 0 saturated heterocycles. The van der Waals surface area contributed by atoms with E-state index in [-0.39, 0.29) is 10.4 Å². The second-order valence-corrected chi connectivity index (χ2v) is 6.00. The van der Waals surface area contributed by atoms with Gasteiger partial charge in [-0.05, 0) is 57.3 Å². The predicted molar refractivity (Wildman–Crippen MR) is 74.1 cm³/mol. The Hall–Kier alpha value is 0.0400. The molecule has 0 atom stereocenters. The maximum absolute atomic E-state index is 11.4. The quantitative estimate of drug-likeness (QED) is 0.651. The van der Waals surface area contributed by atoms with Gasteiger partial charge in [0, 0.05) is 7.14 Å². The lowest BCUT2D eigenvalue weighted by Gasteiger charge is -1.98. The van der Waals surface area contributed by atoms with Crippen LogP contribution in [0.2, 0.25) is 0 Å². The maximum Gasteiger partial charge on any atom is 0.307 e. The molecule has 6 heteroatoms. The van der Waals surface area contributed by atoms with E-state index in [2.05, 4.69) is 50.2 Å². The number of fused-ring (bicyclic) bond motifs is 1. The van der Waals surface area contributed by atoms with E-state index in [1.807, 2.05) is 6.07 Å². The van der Waals surface area contributed by atoms with Crippen LogP contribution in [0.3, 0.4) is 0 Å². The van der Waals surface area contributed by atoms with E-state index in [9.17, 15) is 9.59 Å². The number of aromatic nitrogens is 1. The van der Waals surface area contributed by atoms with Gasteiger partial charge in [-0.2, -0.15) is 0 Å². The molecular weight excluding hydrogens is 428 g/mol. The summed E-state index contributed by atoms with van der Waals surface area (Å²) in [6.45, 7) is 0. The summed E-state index contributed by atoms with van der Waals surface area (Å²) in [6, 6.07) is 3.73. The molecule has 0 amide bonds. The molecule has 1 aromatic heterocycles. The second kappa shape index (κ2) is 3.89. The van der Waals surface area contributed by atoms with Crippen molar-refractivity contribution >= 4 is 66.6 Å². The molecule has 0 fully saturated rings. The van der Waals surface area contributed by atoms with Gasteiger partial charge in [-0.15, -0.1) is 0 Å². The molecule has 2 rings (SSSR count). The van der Waals surface area contributed by atoms with Crippen molar-refractivity contribution in [3.8, 4) is 0 Å². The molecule has 0 aliphatic rings. The van der Waals surface area contributed by atoms with Crippen LogP contribution in [0, 0.1) is 7.14 Å². The van der Waals surface area contributed by atoms with Crippen molar-refractivity contribution in [2.75, 3.05) is 0 Å². The van der Waals surface area contributed by atoms with Gasteiger partial charge >= 0.3 is 4.87 Å². The Kier molecular flexibility index (Phi) is 2.93. The van der Waals surface area contributed by atoms with Gasteiger partial charge < -0.3 is 0 Å². The minimum atomic E-state index is -0.305. The van der Waals surface area contributed by atoms with Gasteiger partial charge in [0.25, 0.3) is 5.56 Å². The van der Waals surface area contributed by atoms with E-state index >= 15 is 0 Å². The lowest BCUT2D eigenvalue weighted by molar-refractivity contribution is 1.25. The van der Waals surface area contributed by atoms with Crippen LogP contribution in [0.25, 0.3) is 10.1 Å². The van der Waals surface area contributed by atoms with Crippen molar-refractivity contribution in [3.63, 3.8) is 0 Å². The molecule has 3 nitrogen and oxygen atoms in total. The molecule has 0 radical (unpaired) electrons. The molecule has 0 aliphatic carbocycles. The third-order valence-electron chi connectivity index (χ3n) is 1.66. The van der Waals surface area contributed by atoms with Crippen LogP contribution in [0.4, 0.5) is 0 Å². The summed E-state index contributed by atoms with van der Waals surface area (Å²) >= 11 is 5.35.